The third-order valence-electron chi connectivity index (χ3n) is 2.89. The van der Waals surface area contributed by atoms with Crippen LogP contribution in [-0.2, 0) is 9.53 Å². The normalized spacial score (nSPS) is 13.4. The first-order chi connectivity index (χ1) is 9.75. The molecule has 0 radical (unpaired) electrons. The van der Waals surface area contributed by atoms with Crippen LogP contribution in [0.4, 0.5) is 5.69 Å². The lowest BCUT2D eigenvalue weighted by molar-refractivity contribution is -0.385. The second-order valence-electron chi connectivity index (χ2n) is 4.36. The van der Waals surface area contributed by atoms with Gasteiger partial charge >= 0.3 is 5.97 Å². The van der Waals surface area contributed by atoms with Crippen LogP contribution < -0.4 is 10.1 Å². The van der Waals surface area contributed by atoms with Crippen molar-refractivity contribution in [3.05, 3.63) is 31.2 Å². The fourth-order valence-corrected chi connectivity index (χ4v) is 2.86. The summed E-state index contributed by atoms with van der Waals surface area (Å²) >= 11 is 6.43. The van der Waals surface area contributed by atoms with Crippen LogP contribution in [0.5, 0.6) is 5.75 Å². The molecule has 1 unspecified atom stereocenters. The predicted molar refractivity (Wildman–Crippen MR) is 83.5 cm³/mol. The molecule has 0 saturated carbocycles. The van der Waals surface area contributed by atoms with E-state index in [1.165, 1.54) is 19.2 Å². The van der Waals surface area contributed by atoms with Gasteiger partial charge in [-0.15, -0.1) is 0 Å². The van der Waals surface area contributed by atoms with Gasteiger partial charge in [-0.1, -0.05) is 0 Å². The summed E-state index contributed by atoms with van der Waals surface area (Å²) in [7, 11) is 2.90. The number of halogens is 2. The third-order valence-corrected chi connectivity index (χ3v) is 4.06. The number of nitro benzene ring substituents is 1. The SMILES string of the molecule is CNC(C)(COc1c(Br)cc([N+](=O)[O-])cc1Br)C(=O)OC. The maximum Gasteiger partial charge on any atom is 0.329 e. The van der Waals surface area contributed by atoms with E-state index in [1.54, 1.807) is 14.0 Å². The summed E-state index contributed by atoms with van der Waals surface area (Å²) in [6.07, 6.45) is 0. The largest absolute Gasteiger partial charge is 0.489 e. The monoisotopic (exact) mass is 424 g/mol. The lowest BCUT2D eigenvalue weighted by Gasteiger charge is -2.26. The number of rotatable bonds is 6. The Hall–Kier alpha value is -1.19. The molecule has 0 bridgehead atoms. The number of carbonyl (C=O) groups excluding carboxylic acids is 1. The number of likely N-dealkylation sites (N-methyl/N-ethyl adjacent to an activating group) is 1. The van der Waals surface area contributed by atoms with Gasteiger partial charge in [-0.2, -0.15) is 0 Å². The molecule has 0 aliphatic heterocycles. The van der Waals surface area contributed by atoms with Crippen molar-refractivity contribution >= 4 is 43.5 Å². The van der Waals surface area contributed by atoms with Gasteiger partial charge in [-0.25, -0.2) is 4.79 Å². The van der Waals surface area contributed by atoms with Gasteiger partial charge in [0.05, 0.1) is 21.0 Å². The van der Waals surface area contributed by atoms with Crippen molar-refractivity contribution in [2.75, 3.05) is 20.8 Å². The Balaban J connectivity index is 2.99. The van der Waals surface area contributed by atoms with Crippen LogP contribution in [-0.4, -0.2) is 37.2 Å². The molecule has 1 N–H and O–H groups in total. The van der Waals surface area contributed by atoms with Gasteiger partial charge in [0, 0.05) is 12.1 Å². The van der Waals surface area contributed by atoms with Crippen molar-refractivity contribution in [1.82, 2.24) is 5.32 Å². The Morgan fingerprint density at radius 3 is 2.33 bits per heavy atom. The number of hydrogen-bond acceptors (Lipinski definition) is 6. The van der Waals surface area contributed by atoms with Gasteiger partial charge in [0.25, 0.3) is 5.69 Å². The molecule has 0 aliphatic rings. The van der Waals surface area contributed by atoms with Crippen molar-refractivity contribution in [3.8, 4) is 5.75 Å². The number of carbonyl (C=O) groups is 1. The number of nitrogens with one attached hydrogen (secondary N) is 1. The van der Waals surface area contributed by atoms with Crippen LogP contribution in [0, 0.1) is 10.1 Å². The highest BCUT2D eigenvalue weighted by molar-refractivity contribution is 9.11. The zero-order valence-corrected chi connectivity index (χ0v) is 14.8. The molecule has 9 heteroatoms. The Morgan fingerprint density at radius 1 is 1.43 bits per heavy atom. The Labute approximate surface area is 138 Å². The molecule has 1 aromatic rings. The second-order valence-corrected chi connectivity index (χ2v) is 6.07. The molecular weight excluding hydrogens is 412 g/mol. The van der Waals surface area contributed by atoms with E-state index in [9.17, 15) is 14.9 Å². The number of nitro groups is 1. The first kappa shape index (κ1) is 17.9. The summed E-state index contributed by atoms with van der Waals surface area (Å²) in [6, 6.07) is 2.66. The lowest BCUT2D eigenvalue weighted by Crippen LogP contribution is -2.52. The molecule has 21 heavy (non-hydrogen) atoms. The summed E-state index contributed by atoms with van der Waals surface area (Å²) in [5.74, 6) is -0.106. The number of non-ortho nitro benzene ring substituents is 1. The summed E-state index contributed by atoms with van der Waals surface area (Å²) in [5.41, 5.74) is -1.11. The van der Waals surface area contributed by atoms with Crippen molar-refractivity contribution in [2.24, 2.45) is 0 Å². The van der Waals surface area contributed by atoms with Crippen molar-refractivity contribution in [2.45, 2.75) is 12.5 Å². The zero-order chi connectivity index (χ0) is 16.2. The minimum atomic E-state index is -1.03. The number of methoxy groups -OCH3 is 1. The van der Waals surface area contributed by atoms with Crippen molar-refractivity contribution in [1.29, 1.82) is 0 Å². The summed E-state index contributed by atoms with van der Waals surface area (Å²) in [5, 5.41) is 13.6. The third kappa shape index (κ3) is 4.14. The van der Waals surface area contributed by atoms with Crippen LogP contribution in [0.25, 0.3) is 0 Å². The second kappa shape index (κ2) is 7.19. The average molecular weight is 426 g/mol. The van der Waals surface area contributed by atoms with E-state index in [1.807, 2.05) is 0 Å². The zero-order valence-electron chi connectivity index (χ0n) is 11.6. The van der Waals surface area contributed by atoms with E-state index < -0.39 is 16.4 Å². The standard InChI is InChI=1S/C12H14Br2N2O5/c1-12(15-2,11(17)20-3)6-21-10-8(13)4-7(16(18)19)5-9(10)14/h4-5,15H,6H2,1-3H3. The highest BCUT2D eigenvalue weighted by atomic mass is 79.9. The van der Waals surface area contributed by atoms with Gasteiger partial charge < -0.3 is 14.8 Å². The summed E-state index contributed by atoms with van der Waals surface area (Å²) in [6.45, 7) is 1.62. The molecule has 0 fully saturated rings. The summed E-state index contributed by atoms with van der Waals surface area (Å²) < 4.78 is 11.1. The van der Waals surface area contributed by atoms with Gasteiger partial charge in [-0.05, 0) is 45.8 Å². The lowest BCUT2D eigenvalue weighted by atomic mass is 10.1. The van der Waals surface area contributed by atoms with Crippen LogP contribution in [0.1, 0.15) is 6.92 Å². The maximum atomic E-state index is 11.7. The van der Waals surface area contributed by atoms with Gasteiger partial charge in [0.1, 0.15) is 17.9 Å². The predicted octanol–water partition coefficient (Wildman–Crippen LogP) is 2.65. The van der Waals surface area contributed by atoms with Gasteiger partial charge in [-0.3, -0.25) is 10.1 Å². The van der Waals surface area contributed by atoms with E-state index in [0.717, 1.165) is 0 Å². The van der Waals surface area contributed by atoms with Gasteiger partial charge in [0.2, 0.25) is 0 Å². The fraction of sp³-hybridized carbons (Fsp3) is 0.417. The summed E-state index contributed by atoms with van der Waals surface area (Å²) in [4.78, 5) is 22.0. The van der Waals surface area contributed by atoms with E-state index in [0.29, 0.717) is 14.7 Å². The maximum absolute atomic E-state index is 11.7. The van der Waals surface area contributed by atoms with Crippen LogP contribution in [0.2, 0.25) is 0 Å². The number of hydrogen-bond donors (Lipinski definition) is 1. The van der Waals surface area contributed by atoms with Crippen LogP contribution in [0.3, 0.4) is 0 Å². The van der Waals surface area contributed by atoms with Crippen LogP contribution >= 0.6 is 31.9 Å². The molecule has 1 aromatic carbocycles. The quantitative estimate of drug-likeness (QED) is 0.428. The van der Waals surface area contributed by atoms with E-state index in [2.05, 4.69) is 37.2 Å². The molecule has 0 spiro atoms. The molecule has 1 atom stereocenters. The first-order valence-corrected chi connectivity index (χ1v) is 7.37. The minimum Gasteiger partial charge on any atom is -0.489 e. The fourth-order valence-electron chi connectivity index (χ4n) is 1.46. The number of nitrogens with zero attached hydrogens (tertiary/aromatic N) is 1. The van der Waals surface area contributed by atoms with Crippen molar-refractivity contribution in [3.63, 3.8) is 0 Å². The molecule has 7 nitrogen and oxygen atoms in total. The highest BCUT2D eigenvalue weighted by Crippen LogP contribution is 2.37. The van der Waals surface area contributed by atoms with Gasteiger partial charge in [0.15, 0.2) is 0 Å². The number of esters is 1. The van der Waals surface area contributed by atoms with E-state index in [-0.39, 0.29) is 12.3 Å². The average Bonchev–Trinajstić information content (AvgIpc) is 2.44. The topological polar surface area (TPSA) is 90.7 Å². The molecule has 0 aliphatic carbocycles. The van der Waals surface area contributed by atoms with Crippen molar-refractivity contribution < 1.29 is 19.2 Å². The minimum absolute atomic E-state index is 0.00875. The number of ether oxygens (including phenoxy) is 2. The molecule has 0 aromatic heterocycles. The Bertz CT molecular complexity index is 544. The number of benzene rings is 1. The molecule has 116 valence electrons. The van der Waals surface area contributed by atoms with E-state index in [4.69, 9.17) is 9.47 Å². The first-order valence-electron chi connectivity index (χ1n) is 5.78. The highest BCUT2D eigenvalue weighted by Gasteiger charge is 2.34. The van der Waals surface area contributed by atoms with Crippen LogP contribution in [0.15, 0.2) is 21.1 Å². The molecule has 0 heterocycles. The molecule has 0 saturated heterocycles. The smallest absolute Gasteiger partial charge is 0.329 e. The molecular formula is C12H14Br2N2O5. The molecule has 1 rings (SSSR count). The van der Waals surface area contributed by atoms with E-state index >= 15 is 0 Å². The molecule has 0 amide bonds. The Morgan fingerprint density at radius 2 is 1.95 bits per heavy atom. The Kier molecular flexibility index (Phi) is 6.11.